The van der Waals surface area contributed by atoms with Gasteiger partial charge in [-0.2, -0.15) is 0 Å². The number of halogens is 1. The van der Waals surface area contributed by atoms with Gasteiger partial charge in [0, 0.05) is 9.26 Å². The minimum atomic E-state index is -1.37. The van der Waals surface area contributed by atoms with Crippen molar-refractivity contribution in [2.75, 3.05) is 11.9 Å². The van der Waals surface area contributed by atoms with Crippen molar-refractivity contribution in [1.29, 1.82) is 0 Å². The minimum absolute atomic E-state index is 0.435. The fourth-order valence-electron chi connectivity index (χ4n) is 1.93. The van der Waals surface area contributed by atoms with E-state index in [1.807, 2.05) is 24.3 Å². The van der Waals surface area contributed by atoms with Crippen LogP contribution in [0.4, 0.5) is 5.69 Å². The molecule has 1 heterocycles. The summed E-state index contributed by atoms with van der Waals surface area (Å²) in [7, 11) is 0. The van der Waals surface area contributed by atoms with Gasteiger partial charge in [-0.15, -0.1) is 0 Å². The van der Waals surface area contributed by atoms with Gasteiger partial charge in [-0.3, -0.25) is 0 Å². The fraction of sp³-hybridized carbons (Fsp3) is 0.500. The molecule has 1 saturated heterocycles. The van der Waals surface area contributed by atoms with E-state index in [1.165, 1.54) is 0 Å². The number of nitrogens with one attached hydrogen (secondary N) is 1. The van der Waals surface area contributed by atoms with Crippen LogP contribution in [-0.2, 0) is 4.74 Å². The minimum Gasteiger partial charge on any atom is -0.394 e. The van der Waals surface area contributed by atoms with Crippen LogP contribution in [0.5, 0.6) is 0 Å². The van der Waals surface area contributed by atoms with E-state index < -0.39 is 37.3 Å². The molecule has 7 heteroatoms. The van der Waals surface area contributed by atoms with Gasteiger partial charge in [0.15, 0.2) is 6.23 Å². The molecule has 19 heavy (non-hydrogen) atoms. The summed E-state index contributed by atoms with van der Waals surface area (Å²) < 4.78 is 6.41. The highest BCUT2D eigenvalue weighted by atomic mass is 127. The zero-order valence-electron chi connectivity index (χ0n) is 9.98. The Hall–Kier alpha value is -0.450. The molecule has 0 aliphatic carbocycles. The molecule has 0 aromatic heterocycles. The summed E-state index contributed by atoms with van der Waals surface area (Å²) in [4.78, 5) is 0. The van der Waals surface area contributed by atoms with Crippen molar-refractivity contribution in [3.63, 3.8) is 0 Å². The largest absolute Gasteiger partial charge is 0.394 e. The average Bonchev–Trinajstić information content (AvgIpc) is 2.42. The molecule has 0 amide bonds. The van der Waals surface area contributed by atoms with Crippen molar-refractivity contribution in [3.8, 4) is 0 Å². The van der Waals surface area contributed by atoms with Crippen molar-refractivity contribution in [2.45, 2.75) is 30.6 Å². The third kappa shape index (κ3) is 3.36. The molecule has 0 bridgehead atoms. The Morgan fingerprint density at radius 2 is 1.68 bits per heavy atom. The third-order valence-electron chi connectivity index (χ3n) is 3.05. The van der Waals surface area contributed by atoms with Crippen molar-refractivity contribution >= 4 is 28.3 Å². The van der Waals surface area contributed by atoms with Gasteiger partial charge >= 0.3 is 0 Å². The Balaban J connectivity index is 2.08. The van der Waals surface area contributed by atoms with Crippen LogP contribution in [0, 0.1) is 3.57 Å². The van der Waals surface area contributed by atoms with Crippen LogP contribution in [0.2, 0.25) is 0 Å². The second-order valence-corrected chi connectivity index (χ2v) is 5.65. The van der Waals surface area contributed by atoms with Gasteiger partial charge in [-0.1, -0.05) is 0 Å². The highest BCUT2D eigenvalue weighted by Gasteiger charge is 2.43. The van der Waals surface area contributed by atoms with Crippen molar-refractivity contribution < 1.29 is 25.2 Å². The van der Waals surface area contributed by atoms with Crippen LogP contribution in [0.3, 0.4) is 0 Å². The maximum atomic E-state index is 9.86. The first kappa shape index (κ1) is 14.9. The fourth-order valence-corrected chi connectivity index (χ4v) is 2.29. The van der Waals surface area contributed by atoms with Crippen LogP contribution in [-0.4, -0.2) is 57.7 Å². The van der Waals surface area contributed by atoms with Gasteiger partial charge in [0.05, 0.1) is 6.61 Å². The Labute approximate surface area is 124 Å². The molecule has 5 atom stereocenters. The second kappa shape index (κ2) is 6.33. The van der Waals surface area contributed by atoms with Gasteiger partial charge in [-0.25, -0.2) is 0 Å². The van der Waals surface area contributed by atoms with Gasteiger partial charge in [0.25, 0.3) is 0 Å². The molecule has 1 aliphatic heterocycles. The first-order valence-electron chi connectivity index (χ1n) is 5.85. The Kier molecular flexibility index (Phi) is 4.98. The molecule has 6 nitrogen and oxygen atoms in total. The van der Waals surface area contributed by atoms with E-state index in [4.69, 9.17) is 9.84 Å². The molecule has 0 saturated carbocycles. The topological polar surface area (TPSA) is 102 Å². The van der Waals surface area contributed by atoms with Crippen molar-refractivity contribution in [3.05, 3.63) is 27.8 Å². The summed E-state index contributed by atoms with van der Waals surface area (Å²) in [6.45, 7) is -0.435. The standard InChI is InChI=1S/C12H16INO5/c13-6-1-3-7(4-2-6)14-12-11(18)10(17)9(16)8(5-15)19-12/h1-4,8-12,14-18H,5H2/t8-,9+,10+,11-,12?/m1/s1. The summed E-state index contributed by atoms with van der Waals surface area (Å²) in [5.41, 5.74) is 0.713. The number of aliphatic hydroxyl groups excluding tert-OH is 4. The molecule has 1 unspecified atom stereocenters. The lowest BCUT2D eigenvalue weighted by atomic mass is 9.98. The summed E-state index contributed by atoms with van der Waals surface area (Å²) >= 11 is 2.17. The number of rotatable bonds is 3. The quantitative estimate of drug-likeness (QED) is 0.453. The summed E-state index contributed by atoms with van der Waals surface area (Å²) in [5.74, 6) is 0. The van der Waals surface area contributed by atoms with E-state index >= 15 is 0 Å². The van der Waals surface area contributed by atoms with Crippen LogP contribution in [0.1, 0.15) is 0 Å². The van der Waals surface area contributed by atoms with Gasteiger partial charge < -0.3 is 30.5 Å². The summed E-state index contributed by atoms with van der Waals surface area (Å²) in [6.07, 6.45) is -5.78. The number of hydrogen-bond donors (Lipinski definition) is 5. The molecule has 2 rings (SSSR count). The first-order chi connectivity index (χ1) is 9.02. The van der Waals surface area contributed by atoms with Crippen LogP contribution < -0.4 is 5.32 Å². The highest BCUT2D eigenvalue weighted by molar-refractivity contribution is 14.1. The zero-order valence-corrected chi connectivity index (χ0v) is 12.1. The van der Waals surface area contributed by atoms with E-state index in [2.05, 4.69) is 27.9 Å². The molecule has 0 radical (unpaired) electrons. The van der Waals surface area contributed by atoms with Crippen LogP contribution in [0.25, 0.3) is 0 Å². The third-order valence-corrected chi connectivity index (χ3v) is 3.76. The normalized spacial score (nSPS) is 35.1. The van der Waals surface area contributed by atoms with Gasteiger partial charge in [0.1, 0.15) is 24.4 Å². The van der Waals surface area contributed by atoms with E-state index in [-0.39, 0.29) is 0 Å². The molecule has 1 aliphatic rings. The van der Waals surface area contributed by atoms with E-state index in [0.29, 0.717) is 5.69 Å². The van der Waals surface area contributed by atoms with E-state index in [1.54, 1.807) is 0 Å². The maximum Gasteiger partial charge on any atom is 0.157 e. The lowest BCUT2D eigenvalue weighted by Crippen LogP contribution is -2.60. The number of ether oxygens (including phenoxy) is 1. The second-order valence-electron chi connectivity index (χ2n) is 4.40. The zero-order chi connectivity index (χ0) is 14.0. The Morgan fingerprint density at radius 1 is 1.05 bits per heavy atom. The van der Waals surface area contributed by atoms with Crippen molar-refractivity contribution in [2.24, 2.45) is 0 Å². The number of benzene rings is 1. The van der Waals surface area contributed by atoms with E-state index in [9.17, 15) is 15.3 Å². The molecule has 5 N–H and O–H groups in total. The molecular weight excluding hydrogens is 365 g/mol. The number of hydrogen-bond acceptors (Lipinski definition) is 6. The predicted molar refractivity (Wildman–Crippen MR) is 76.5 cm³/mol. The molecule has 1 aromatic carbocycles. The average molecular weight is 381 g/mol. The van der Waals surface area contributed by atoms with E-state index in [0.717, 1.165) is 3.57 Å². The first-order valence-corrected chi connectivity index (χ1v) is 6.93. The van der Waals surface area contributed by atoms with Gasteiger partial charge in [0.2, 0.25) is 0 Å². The summed E-state index contributed by atoms with van der Waals surface area (Å²) in [6, 6.07) is 7.38. The Bertz CT molecular complexity index is 413. The monoisotopic (exact) mass is 381 g/mol. The number of anilines is 1. The lowest BCUT2D eigenvalue weighted by molar-refractivity contribution is -0.221. The Morgan fingerprint density at radius 3 is 2.26 bits per heavy atom. The molecule has 0 spiro atoms. The highest BCUT2D eigenvalue weighted by Crippen LogP contribution is 2.23. The molecule has 1 fully saturated rings. The lowest BCUT2D eigenvalue weighted by Gasteiger charge is -2.40. The summed E-state index contributed by atoms with van der Waals surface area (Å²) in [5, 5.41) is 41.2. The van der Waals surface area contributed by atoms with Gasteiger partial charge in [-0.05, 0) is 46.9 Å². The molecular formula is C12H16INO5. The van der Waals surface area contributed by atoms with Crippen LogP contribution >= 0.6 is 22.6 Å². The maximum absolute atomic E-state index is 9.86. The molecule has 106 valence electrons. The number of aliphatic hydroxyl groups is 4. The van der Waals surface area contributed by atoms with Crippen LogP contribution in [0.15, 0.2) is 24.3 Å². The van der Waals surface area contributed by atoms with Crippen molar-refractivity contribution in [1.82, 2.24) is 0 Å². The smallest absolute Gasteiger partial charge is 0.157 e. The SMILES string of the molecule is OC[C@H]1OC(Nc2ccc(I)cc2)[C@H](O)[C@@H](O)[C@H]1O. The predicted octanol–water partition coefficient (Wildman–Crippen LogP) is -0.497. The molecule has 1 aromatic rings.